The van der Waals surface area contributed by atoms with Crippen molar-refractivity contribution < 1.29 is 22.7 Å². The third-order valence-corrected chi connectivity index (χ3v) is 5.08. The zero-order valence-corrected chi connectivity index (χ0v) is 13.4. The molecule has 23 heavy (non-hydrogen) atoms. The van der Waals surface area contributed by atoms with Crippen LogP contribution in [-0.2, 0) is 14.8 Å². The van der Waals surface area contributed by atoms with Crippen LogP contribution in [0, 0.1) is 12.7 Å². The first-order valence-electron chi connectivity index (χ1n) is 6.71. The minimum Gasteiger partial charge on any atom is -0.481 e. The van der Waals surface area contributed by atoms with Crippen molar-refractivity contribution in [1.82, 2.24) is 14.1 Å². The molecule has 0 radical (unpaired) electrons. The number of sulfonamides is 1. The Morgan fingerprint density at radius 3 is 2.65 bits per heavy atom. The molecule has 0 saturated heterocycles. The van der Waals surface area contributed by atoms with E-state index in [1.165, 1.54) is 23.9 Å². The van der Waals surface area contributed by atoms with Gasteiger partial charge in [-0.15, -0.1) is 0 Å². The quantitative estimate of drug-likeness (QED) is 0.858. The number of aromatic nitrogens is 2. The molecule has 0 saturated carbocycles. The van der Waals surface area contributed by atoms with E-state index in [1.807, 2.05) is 0 Å². The van der Waals surface area contributed by atoms with Gasteiger partial charge in [0.25, 0.3) is 0 Å². The standard InChI is InChI=1S/C14H16FN3O4S/c1-10-8-16-18(9-10)13-4-3-11(7-12(13)15)23(21,22)17(2)6-5-14(19)20/h3-4,7-9H,5-6H2,1-2H3,(H,19,20). The highest BCUT2D eigenvalue weighted by molar-refractivity contribution is 7.89. The highest BCUT2D eigenvalue weighted by Gasteiger charge is 2.23. The number of carboxylic acid groups (broad SMARTS) is 1. The molecule has 1 N–H and O–H groups in total. The summed E-state index contributed by atoms with van der Waals surface area (Å²) in [6.45, 7) is 1.61. The number of nitrogens with zero attached hydrogens (tertiary/aromatic N) is 3. The Hall–Kier alpha value is -2.26. The lowest BCUT2D eigenvalue weighted by Gasteiger charge is -2.16. The van der Waals surface area contributed by atoms with Crippen molar-refractivity contribution in [3.05, 3.63) is 42.0 Å². The van der Waals surface area contributed by atoms with E-state index in [2.05, 4.69) is 5.10 Å². The number of halogens is 1. The molecule has 124 valence electrons. The fourth-order valence-corrected chi connectivity index (χ4v) is 3.12. The summed E-state index contributed by atoms with van der Waals surface area (Å²) in [5.41, 5.74) is 0.972. The molecule has 0 amide bonds. The molecule has 0 aliphatic rings. The van der Waals surface area contributed by atoms with E-state index in [9.17, 15) is 17.6 Å². The smallest absolute Gasteiger partial charge is 0.304 e. The lowest BCUT2D eigenvalue weighted by atomic mass is 10.3. The minimum atomic E-state index is -3.95. The summed E-state index contributed by atoms with van der Waals surface area (Å²) < 4.78 is 41.0. The lowest BCUT2D eigenvalue weighted by molar-refractivity contribution is -0.137. The molecule has 1 aromatic carbocycles. The zero-order valence-electron chi connectivity index (χ0n) is 12.6. The highest BCUT2D eigenvalue weighted by atomic mass is 32.2. The fraction of sp³-hybridized carbons (Fsp3) is 0.286. The van der Waals surface area contributed by atoms with Crippen molar-refractivity contribution in [3.63, 3.8) is 0 Å². The van der Waals surface area contributed by atoms with Crippen LogP contribution in [0.4, 0.5) is 4.39 Å². The Bertz CT molecular complexity index is 832. The van der Waals surface area contributed by atoms with Gasteiger partial charge in [0.15, 0.2) is 0 Å². The third-order valence-electron chi connectivity index (χ3n) is 3.23. The molecular formula is C14H16FN3O4S. The van der Waals surface area contributed by atoms with Crippen LogP contribution in [0.1, 0.15) is 12.0 Å². The molecular weight excluding hydrogens is 325 g/mol. The number of carbonyl (C=O) groups is 1. The first kappa shape index (κ1) is 17.1. The van der Waals surface area contributed by atoms with Gasteiger partial charge in [0.2, 0.25) is 10.0 Å². The molecule has 0 unspecified atom stereocenters. The molecule has 1 heterocycles. The predicted octanol–water partition coefficient (Wildman–Crippen LogP) is 1.42. The van der Waals surface area contributed by atoms with Gasteiger partial charge < -0.3 is 5.11 Å². The van der Waals surface area contributed by atoms with E-state index in [4.69, 9.17) is 5.11 Å². The molecule has 0 fully saturated rings. The van der Waals surface area contributed by atoms with E-state index >= 15 is 0 Å². The molecule has 0 atom stereocenters. The second-order valence-corrected chi connectivity index (χ2v) is 7.09. The zero-order chi connectivity index (χ0) is 17.2. The van der Waals surface area contributed by atoms with E-state index in [0.717, 1.165) is 15.9 Å². The van der Waals surface area contributed by atoms with Crippen LogP contribution in [0.15, 0.2) is 35.5 Å². The van der Waals surface area contributed by atoms with Crippen LogP contribution in [-0.4, -0.2) is 47.2 Å². The summed E-state index contributed by atoms with van der Waals surface area (Å²) in [5, 5.41) is 12.6. The third kappa shape index (κ3) is 3.74. The van der Waals surface area contributed by atoms with Crippen molar-refractivity contribution in [2.75, 3.05) is 13.6 Å². The maximum Gasteiger partial charge on any atom is 0.304 e. The summed E-state index contributed by atoms with van der Waals surface area (Å²) >= 11 is 0. The number of hydrogen-bond donors (Lipinski definition) is 1. The molecule has 0 spiro atoms. The second-order valence-electron chi connectivity index (χ2n) is 5.05. The molecule has 0 bridgehead atoms. The van der Waals surface area contributed by atoms with Crippen LogP contribution < -0.4 is 0 Å². The maximum atomic E-state index is 14.2. The maximum absolute atomic E-state index is 14.2. The SMILES string of the molecule is Cc1cnn(-c2ccc(S(=O)(=O)N(C)CCC(=O)O)cc2F)c1. The van der Waals surface area contributed by atoms with Crippen LogP contribution in [0.5, 0.6) is 0 Å². The van der Waals surface area contributed by atoms with Gasteiger partial charge in [-0.1, -0.05) is 0 Å². The highest BCUT2D eigenvalue weighted by Crippen LogP contribution is 2.20. The van der Waals surface area contributed by atoms with Crippen molar-refractivity contribution in [2.45, 2.75) is 18.2 Å². The first-order valence-corrected chi connectivity index (χ1v) is 8.15. The molecule has 7 nitrogen and oxygen atoms in total. The van der Waals surface area contributed by atoms with Crippen LogP contribution in [0.3, 0.4) is 0 Å². The van der Waals surface area contributed by atoms with Crippen molar-refractivity contribution in [1.29, 1.82) is 0 Å². The molecule has 2 rings (SSSR count). The summed E-state index contributed by atoms with van der Waals surface area (Å²) in [4.78, 5) is 10.3. The number of aliphatic carboxylic acids is 1. The van der Waals surface area contributed by atoms with E-state index in [0.29, 0.717) is 0 Å². The van der Waals surface area contributed by atoms with E-state index in [-0.39, 0.29) is 23.5 Å². The first-order chi connectivity index (χ1) is 10.7. The predicted molar refractivity (Wildman–Crippen MR) is 80.3 cm³/mol. The van der Waals surface area contributed by atoms with Crippen molar-refractivity contribution >= 4 is 16.0 Å². The fourth-order valence-electron chi connectivity index (χ4n) is 1.93. The normalized spacial score (nSPS) is 11.8. The monoisotopic (exact) mass is 341 g/mol. The molecule has 0 aliphatic carbocycles. The topological polar surface area (TPSA) is 92.5 Å². The van der Waals surface area contributed by atoms with Gasteiger partial charge in [-0.25, -0.2) is 21.8 Å². The number of rotatable bonds is 6. The Morgan fingerprint density at radius 2 is 2.13 bits per heavy atom. The van der Waals surface area contributed by atoms with E-state index < -0.39 is 21.8 Å². The van der Waals surface area contributed by atoms with E-state index in [1.54, 1.807) is 19.3 Å². The average Bonchev–Trinajstić information content (AvgIpc) is 2.90. The molecule has 1 aromatic heterocycles. The Balaban J connectivity index is 2.30. The number of carboxylic acids is 1. The summed E-state index contributed by atoms with van der Waals surface area (Å²) in [6, 6.07) is 3.49. The average molecular weight is 341 g/mol. The summed E-state index contributed by atoms with van der Waals surface area (Å²) in [7, 11) is -2.70. The molecule has 9 heteroatoms. The molecule has 0 aliphatic heterocycles. The minimum absolute atomic E-state index is 0.130. The van der Waals surface area contributed by atoms with Gasteiger partial charge in [0.1, 0.15) is 11.5 Å². The van der Waals surface area contributed by atoms with Crippen molar-refractivity contribution in [2.24, 2.45) is 0 Å². The number of benzene rings is 1. The second kappa shape index (κ2) is 6.47. The van der Waals surface area contributed by atoms with Gasteiger partial charge >= 0.3 is 5.97 Å². The molecule has 2 aromatic rings. The van der Waals surface area contributed by atoms with Gasteiger partial charge in [0.05, 0.1) is 17.5 Å². The van der Waals surface area contributed by atoms with Crippen molar-refractivity contribution in [3.8, 4) is 5.69 Å². The summed E-state index contributed by atoms with van der Waals surface area (Å²) in [6.07, 6.45) is 2.85. The van der Waals surface area contributed by atoms with Crippen LogP contribution in [0.25, 0.3) is 5.69 Å². The van der Waals surface area contributed by atoms with Crippen LogP contribution >= 0.6 is 0 Å². The Morgan fingerprint density at radius 1 is 1.43 bits per heavy atom. The summed E-state index contributed by atoms with van der Waals surface area (Å²) in [5.74, 6) is -1.84. The lowest BCUT2D eigenvalue weighted by Crippen LogP contribution is -2.29. The van der Waals surface area contributed by atoms with Gasteiger partial charge in [-0.3, -0.25) is 4.79 Å². The number of hydrogen-bond acceptors (Lipinski definition) is 4. The Labute approximate surface area is 133 Å². The van der Waals surface area contributed by atoms with Gasteiger partial charge in [-0.2, -0.15) is 5.10 Å². The van der Waals surface area contributed by atoms with Gasteiger partial charge in [-0.05, 0) is 30.7 Å². The largest absolute Gasteiger partial charge is 0.481 e. The van der Waals surface area contributed by atoms with Gasteiger partial charge in [0, 0.05) is 19.8 Å². The Kier molecular flexibility index (Phi) is 4.81. The number of aryl methyl sites for hydroxylation is 1. The van der Waals surface area contributed by atoms with Crippen LogP contribution in [0.2, 0.25) is 0 Å².